The number of aromatic amines is 1. The second kappa shape index (κ2) is 11.0. The van der Waals surface area contributed by atoms with Gasteiger partial charge in [0.05, 0.1) is 13.7 Å². The van der Waals surface area contributed by atoms with Crippen molar-refractivity contribution in [1.82, 2.24) is 25.8 Å². The highest BCUT2D eigenvalue weighted by atomic mass is 19.1. The summed E-state index contributed by atoms with van der Waals surface area (Å²) in [5.41, 5.74) is 0.893. The molecule has 0 aliphatic carbocycles. The van der Waals surface area contributed by atoms with Crippen LogP contribution >= 0.6 is 0 Å². The van der Waals surface area contributed by atoms with E-state index in [4.69, 9.17) is 9.47 Å². The highest BCUT2D eigenvalue weighted by Gasteiger charge is 2.08. The van der Waals surface area contributed by atoms with E-state index in [0.717, 1.165) is 11.3 Å². The molecule has 8 nitrogen and oxygen atoms in total. The van der Waals surface area contributed by atoms with Crippen molar-refractivity contribution in [1.29, 1.82) is 0 Å². The zero-order valence-corrected chi connectivity index (χ0v) is 17.9. The van der Waals surface area contributed by atoms with E-state index in [0.29, 0.717) is 43.0 Å². The quantitative estimate of drug-likeness (QED) is 0.359. The molecule has 1 aromatic heterocycles. The first kappa shape index (κ1) is 22.1. The molecule has 0 saturated carbocycles. The van der Waals surface area contributed by atoms with Crippen LogP contribution in [0.1, 0.15) is 19.7 Å². The molecule has 164 valence electrons. The summed E-state index contributed by atoms with van der Waals surface area (Å²) < 4.78 is 24.0. The third-order valence-corrected chi connectivity index (χ3v) is 4.32. The second-order valence-electron chi connectivity index (χ2n) is 6.79. The Morgan fingerprint density at radius 3 is 2.48 bits per heavy atom. The van der Waals surface area contributed by atoms with Crippen LogP contribution in [0.4, 0.5) is 4.39 Å². The summed E-state index contributed by atoms with van der Waals surface area (Å²) in [4.78, 5) is 9.05. The van der Waals surface area contributed by atoms with Crippen LogP contribution in [0, 0.1) is 5.82 Å². The maximum absolute atomic E-state index is 13.0. The van der Waals surface area contributed by atoms with Crippen LogP contribution in [0.5, 0.6) is 11.5 Å². The van der Waals surface area contributed by atoms with Crippen molar-refractivity contribution in [3.63, 3.8) is 0 Å². The minimum Gasteiger partial charge on any atom is -0.497 e. The minimum atomic E-state index is -0.290. The van der Waals surface area contributed by atoms with E-state index in [1.165, 1.54) is 12.1 Å². The summed E-state index contributed by atoms with van der Waals surface area (Å²) in [5, 5.41) is 13.6. The Hall–Kier alpha value is -3.62. The maximum atomic E-state index is 13.0. The monoisotopic (exact) mass is 426 g/mol. The Labute approximate surface area is 180 Å². The van der Waals surface area contributed by atoms with Gasteiger partial charge in [-0.2, -0.15) is 5.10 Å². The number of nitrogens with one attached hydrogen (secondary N) is 3. The van der Waals surface area contributed by atoms with Gasteiger partial charge in [0.1, 0.15) is 35.8 Å². The zero-order valence-electron chi connectivity index (χ0n) is 17.9. The van der Waals surface area contributed by atoms with E-state index in [-0.39, 0.29) is 11.9 Å². The van der Waals surface area contributed by atoms with E-state index in [2.05, 4.69) is 30.8 Å². The SMILES string of the molecule is CCNC(=NCc1nc(-c2ccc(OC)cc2)n[nH]1)NCC(C)Oc1ccc(F)cc1. The van der Waals surface area contributed by atoms with Crippen molar-refractivity contribution in [2.75, 3.05) is 20.2 Å². The van der Waals surface area contributed by atoms with E-state index in [1.807, 2.05) is 38.1 Å². The third kappa shape index (κ3) is 6.70. The van der Waals surface area contributed by atoms with Crippen LogP contribution in [-0.4, -0.2) is 47.4 Å². The predicted molar refractivity (Wildman–Crippen MR) is 118 cm³/mol. The fraction of sp³-hybridized carbons (Fsp3) is 0.318. The van der Waals surface area contributed by atoms with Crippen molar-refractivity contribution < 1.29 is 13.9 Å². The van der Waals surface area contributed by atoms with Crippen LogP contribution in [0.15, 0.2) is 53.5 Å². The number of ether oxygens (including phenoxy) is 2. The summed E-state index contributed by atoms with van der Waals surface area (Å²) in [6, 6.07) is 13.5. The van der Waals surface area contributed by atoms with Gasteiger partial charge in [-0.1, -0.05) is 0 Å². The Balaban J connectivity index is 1.55. The molecule has 3 N–H and O–H groups in total. The summed E-state index contributed by atoms with van der Waals surface area (Å²) in [5.74, 6) is 3.00. The van der Waals surface area contributed by atoms with E-state index in [1.54, 1.807) is 19.2 Å². The molecule has 3 rings (SSSR count). The lowest BCUT2D eigenvalue weighted by Gasteiger charge is -2.17. The third-order valence-electron chi connectivity index (χ3n) is 4.32. The van der Waals surface area contributed by atoms with Crippen LogP contribution < -0.4 is 20.1 Å². The zero-order chi connectivity index (χ0) is 22.1. The Bertz CT molecular complexity index is 972. The molecule has 0 aliphatic heterocycles. The lowest BCUT2D eigenvalue weighted by molar-refractivity contribution is 0.223. The van der Waals surface area contributed by atoms with Gasteiger partial charge >= 0.3 is 0 Å². The first-order valence-corrected chi connectivity index (χ1v) is 10.1. The topological polar surface area (TPSA) is 96.5 Å². The highest BCUT2D eigenvalue weighted by Crippen LogP contribution is 2.19. The average Bonchev–Trinajstić information content (AvgIpc) is 3.26. The molecule has 0 spiro atoms. The first-order chi connectivity index (χ1) is 15.1. The van der Waals surface area contributed by atoms with Gasteiger partial charge in [-0.3, -0.25) is 5.10 Å². The number of aromatic nitrogens is 3. The fourth-order valence-corrected chi connectivity index (χ4v) is 2.76. The molecular formula is C22H27FN6O2. The maximum Gasteiger partial charge on any atom is 0.191 e. The number of benzene rings is 2. The molecule has 0 amide bonds. The molecule has 0 fully saturated rings. The Morgan fingerprint density at radius 2 is 1.81 bits per heavy atom. The molecule has 0 saturated heterocycles. The number of halogens is 1. The van der Waals surface area contributed by atoms with Gasteiger partial charge in [-0.15, -0.1) is 0 Å². The van der Waals surface area contributed by atoms with Crippen molar-refractivity contribution in [3.8, 4) is 22.9 Å². The lowest BCUT2D eigenvalue weighted by atomic mass is 10.2. The molecule has 2 aromatic carbocycles. The van der Waals surface area contributed by atoms with Crippen LogP contribution in [0.2, 0.25) is 0 Å². The number of aliphatic imine (C=N–C) groups is 1. The second-order valence-corrected chi connectivity index (χ2v) is 6.79. The number of hydrogen-bond acceptors (Lipinski definition) is 5. The van der Waals surface area contributed by atoms with Gasteiger partial charge in [-0.05, 0) is 62.4 Å². The first-order valence-electron chi connectivity index (χ1n) is 10.1. The van der Waals surface area contributed by atoms with Crippen molar-refractivity contribution in [2.45, 2.75) is 26.5 Å². The molecule has 1 heterocycles. The molecular weight excluding hydrogens is 399 g/mol. The Morgan fingerprint density at radius 1 is 1.10 bits per heavy atom. The normalized spacial score (nSPS) is 12.3. The number of rotatable bonds is 9. The molecule has 0 radical (unpaired) electrons. The number of methoxy groups -OCH3 is 1. The van der Waals surface area contributed by atoms with Gasteiger partial charge in [0, 0.05) is 12.1 Å². The molecule has 3 aromatic rings. The highest BCUT2D eigenvalue weighted by molar-refractivity contribution is 5.79. The lowest BCUT2D eigenvalue weighted by Crippen LogP contribution is -2.41. The number of guanidine groups is 1. The number of H-pyrrole nitrogens is 1. The van der Waals surface area contributed by atoms with Gasteiger partial charge in [0.15, 0.2) is 11.8 Å². The van der Waals surface area contributed by atoms with Crippen molar-refractivity contribution in [2.24, 2.45) is 4.99 Å². The number of nitrogens with zero attached hydrogens (tertiary/aromatic N) is 3. The number of hydrogen-bond donors (Lipinski definition) is 3. The van der Waals surface area contributed by atoms with Crippen molar-refractivity contribution in [3.05, 3.63) is 60.2 Å². The van der Waals surface area contributed by atoms with E-state index < -0.39 is 0 Å². The van der Waals surface area contributed by atoms with Crippen LogP contribution in [-0.2, 0) is 6.54 Å². The van der Waals surface area contributed by atoms with Gasteiger partial charge in [0.25, 0.3) is 0 Å². The smallest absolute Gasteiger partial charge is 0.191 e. The minimum absolute atomic E-state index is 0.138. The Kier molecular flexibility index (Phi) is 7.80. The molecule has 1 atom stereocenters. The largest absolute Gasteiger partial charge is 0.497 e. The summed E-state index contributed by atoms with van der Waals surface area (Å²) in [6.07, 6.45) is -0.138. The van der Waals surface area contributed by atoms with Crippen LogP contribution in [0.3, 0.4) is 0 Å². The fourth-order valence-electron chi connectivity index (χ4n) is 2.76. The average molecular weight is 426 g/mol. The molecule has 0 bridgehead atoms. The molecule has 9 heteroatoms. The molecule has 0 aliphatic rings. The molecule has 31 heavy (non-hydrogen) atoms. The predicted octanol–water partition coefficient (Wildman–Crippen LogP) is 3.14. The van der Waals surface area contributed by atoms with E-state index in [9.17, 15) is 4.39 Å². The molecule has 1 unspecified atom stereocenters. The van der Waals surface area contributed by atoms with Crippen LogP contribution in [0.25, 0.3) is 11.4 Å². The summed E-state index contributed by atoms with van der Waals surface area (Å²) in [7, 11) is 1.63. The van der Waals surface area contributed by atoms with Crippen molar-refractivity contribution >= 4 is 5.96 Å². The van der Waals surface area contributed by atoms with E-state index >= 15 is 0 Å². The summed E-state index contributed by atoms with van der Waals surface area (Å²) in [6.45, 7) is 5.50. The summed E-state index contributed by atoms with van der Waals surface area (Å²) >= 11 is 0. The van der Waals surface area contributed by atoms with Gasteiger partial charge in [-0.25, -0.2) is 14.4 Å². The van der Waals surface area contributed by atoms with Gasteiger partial charge < -0.3 is 20.1 Å². The van der Waals surface area contributed by atoms with Gasteiger partial charge in [0.2, 0.25) is 0 Å². The standard InChI is InChI=1S/C22H27FN6O2/c1-4-24-22(25-13-15(2)31-19-11-7-17(23)8-12-19)26-14-20-27-21(29-28-20)16-5-9-18(30-3)10-6-16/h5-12,15H,4,13-14H2,1-3H3,(H2,24,25,26)(H,27,28,29).